The van der Waals surface area contributed by atoms with E-state index in [1.807, 2.05) is 23.9 Å². The SMILES string of the molecule is CC1(C)CCSCC1Nc1cccc(-c2nnco2)c1. The topological polar surface area (TPSA) is 51.0 Å². The summed E-state index contributed by atoms with van der Waals surface area (Å²) in [6.45, 7) is 4.68. The molecule has 1 atom stereocenters. The summed E-state index contributed by atoms with van der Waals surface area (Å²) in [6.07, 6.45) is 2.61. The molecule has 2 heterocycles. The molecule has 20 heavy (non-hydrogen) atoms. The smallest absolute Gasteiger partial charge is 0.247 e. The fourth-order valence-electron chi connectivity index (χ4n) is 2.42. The molecule has 2 aromatic rings. The molecule has 1 unspecified atom stereocenters. The molecule has 1 aliphatic heterocycles. The van der Waals surface area contributed by atoms with Crippen LogP contribution in [0.3, 0.4) is 0 Å². The second-order valence-corrected chi connectivity index (χ2v) is 6.98. The van der Waals surface area contributed by atoms with Crippen LogP contribution < -0.4 is 5.32 Å². The van der Waals surface area contributed by atoms with Crippen molar-refractivity contribution in [3.8, 4) is 11.5 Å². The van der Waals surface area contributed by atoms with E-state index in [9.17, 15) is 0 Å². The highest BCUT2D eigenvalue weighted by molar-refractivity contribution is 7.99. The highest BCUT2D eigenvalue weighted by Gasteiger charge is 2.32. The Hall–Kier alpha value is -1.49. The highest BCUT2D eigenvalue weighted by Crippen LogP contribution is 2.36. The molecule has 1 aromatic carbocycles. The number of rotatable bonds is 3. The normalized spacial score (nSPS) is 21.6. The summed E-state index contributed by atoms with van der Waals surface area (Å²) in [6, 6.07) is 8.65. The van der Waals surface area contributed by atoms with E-state index in [1.165, 1.54) is 18.6 Å². The summed E-state index contributed by atoms with van der Waals surface area (Å²) in [4.78, 5) is 0. The van der Waals surface area contributed by atoms with E-state index in [1.54, 1.807) is 0 Å². The monoisotopic (exact) mass is 289 g/mol. The van der Waals surface area contributed by atoms with E-state index in [0.717, 1.165) is 17.0 Å². The number of benzene rings is 1. The van der Waals surface area contributed by atoms with Gasteiger partial charge in [-0.15, -0.1) is 10.2 Å². The first-order valence-corrected chi connectivity index (χ1v) is 8.01. The van der Waals surface area contributed by atoms with Crippen LogP contribution in [-0.4, -0.2) is 27.7 Å². The predicted molar refractivity (Wildman–Crippen MR) is 82.9 cm³/mol. The first-order chi connectivity index (χ1) is 9.65. The summed E-state index contributed by atoms with van der Waals surface area (Å²) in [5, 5.41) is 11.3. The minimum Gasteiger partial charge on any atom is -0.423 e. The van der Waals surface area contributed by atoms with Gasteiger partial charge in [0, 0.05) is 23.0 Å². The lowest BCUT2D eigenvalue weighted by Gasteiger charge is -2.39. The van der Waals surface area contributed by atoms with Crippen LogP contribution >= 0.6 is 11.8 Å². The van der Waals surface area contributed by atoms with Gasteiger partial charge in [0.15, 0.2) is 0 Å². The number of hydrogen-bond acceptors (Lipinski definition) is 5. The van der Waals surface area contributed by atoms with Crippen LogP contribution in [0.25, 0.3) is 11.5 Å². The number of anilines is 1. The van der Waals surface area contributed by atoms with E-state index in [2.05, 4.69) is 41.5 Å². The second-order valence-electron chi connectivity index (χ2n) is 5.84. The molecule has 0 bridgehead atoms. The van der Waals surface area contributed by atoms with Gasteiger partial charge in [-0.3, -0.25) is 0 Å². The molecule has 1 saturated heterocycles. The van der Waals surface area contributed by atoms with Crippen molar-refractivity contribution in [2.45, 2.75) is 26.3 Å². The molecule has 106 valence electrons. The maximum atomic E-state index is 5.25. The lowest BCUT2D eigenvalue weighted by molar-refractivity contribution is 0.305. The summed E-state index contributed by atoms with van der Waals surface area (Å²) in [5.41, 5.74) is 2.39. The van der Waals surface area contributed by atoms with Gasteiger partial charge in [-0.1, -0.05) is 19.9 Å². The molecule has 1 aliphatic rings. The Morgan fingerprint density at radius 3 is 3.05 bits per heavy atom. The molecular weight excluding hydrogens is 270 g/mol. The van der Waals surface area contributed by atoms with Crippen LogP contribution in [-0.2, 0) is 0 Å². The summed E-state index contributed by atoms with van der Waals surface area (Å²) < 4.78 is 5.25. The third-order valence-corrected chi connectivity index (χ3v) is 4.99. The van der Waals surface area contributed by atoms with Gasteiger partial charge in [0.25, 0.3) is 0 Å². The standard InChI is InChI=1S/C15H19N3OS/c1-15(2)6-7-20-9-13(15)17-12-5-3-4-11(8-12)14-18-16-10-19-14/h3-5,8,10,13,17H,6-7,9H2,1-2H3. The summed E-state index contributed by atoms with van der Waals surface area (Å²) in [7, 11) is 0. The van der Waals surface area contributed by atoms with E-state index >= 15 is 0 Å². The van der Waals surface area contributed by atoms with Crippen LogP contribution in [0.4, 0.5) is 5.69 Å². The molecule has 0 aliphatic carbocycles. The number of thioether (sulfide) groups is 1. The second kappa shape index (κ2) is 5.48. The molecule has 0 spiro atoms. The molecule has 1 aromatic heterocycles. The largest absolute Gasteiger partial charge is 0.423 e. The summed E-state index contributed by atoms with van der Waals surface area (Å²) in [5.74, 6) is 2.97. The molecule has 5 heteroatoms. The van der Waals surface area contributed by atoms with Gasteiger partial charge in [-0.25, -0.2) is 0 Å². The van der Waals surface area contributed by atoms with Crippen molar-refractivity contribution in [2.75, 3.05) is 16.8 Å². The van der Waals surface area contributed by atoms with E-state index < -0.39 is 0 Å². The predicted octanol–water partition coefficient (Wildman–Crippen LogP) is 3.68. The maximum Gasteiger partial charge on any atom is 0.247 e. The van der Waals surface area contributed by atoms with Crippen molar-refractivity contribution >= 4 is 17.4 Å². The Bertz CT molecular complexity index is 568. The third-order valence-electron chi connectivity index (χ3n) is 3.93. The molecular formula is C15H19N3OS. The first kappa shape index (κ1) is 13.5. The third kappa shape index (κ3) is 2.82. The van der Waals surface area contributed by atoms with Crippen molar-refractivity contribution in [2.24, 2.45) is 5.41 Å². The highest BCUT2D eigenvalue weighted by atomic mass is 32.2. The van der Waals surface area contributed by atoms with Crippen molar-refractivity contribution in [3.05, 3.63) is 30.7 Å². The van der Waals surface area contributed by atoms with Gasteiger partial charge in [0.05, 0.1) is 0 Å². The number of aromatic nitrogens is 2. The van der Waals surface area contributed by atoms with E-state index in [-0.39, 0.29) is 0 Å². The van der Waals surface area contributed by atoms with Crippen molar-refractivity contribution in [3.63, 3.8) is 0 Å². The Morgan fingerprint density at radius 1 is 1.40 bits per heavy atom. The van der Waals surface area contributed by atoms with Crippen molar-refractivity contribution in [1.82, 2.24) is 10.2 Å². The van der Waals surface area contributed by atoms with Crippen LogP contribution in [0.2, 0.25) is 0 Å². The minimum atomic E-state index is 0.325. The number of hydrogen-bond donors (Lipinski definition) is 1. The fourth-order valence-corrected chi connectivity index (χ4v) is 4.02. The van der Waals surface area contributed by atoms with Crippen molar-refractivity contribution in [1.29, 1.82) is 0 Å². The maximum absolute atomic E-state index is 5.25. The van der Waals surface area contributed by atoms with Gasteiger partial charge >= 0.3 is 0 Å². The Morgan fingerprint density at radius 2 is 2.30 bits per heavy atom. The van der Waals surface area contributed by atoms with Crippen LogP contribution in [0.1, 0.15) is 20.3 Å². The Kier molecular flexibility index (Phi) is 3.70. The van der Waals surface area contributed by atoms with Gasteiger partial charge < -0.3 is 9.73 Å². The molecule has 0 amide bonds. The zero-order chi connectivity index (χ0) is 14.0. The Balaban J connectivity index is 1.79. The molecule has 4 nitrogen and oxygen atoms in total. The molecule has 3 rings (SSSR count). The lowest BCUT2D eigenvalue weighted by Crippen LogP contribution is -2.41. The van der Waals surface area contributed by atoms with Gasteiger partial charge in [-0.05, 0) is 35.8 Å². The number of nitrogens with zero attached hydrogens (tertiary/aromatic N) is 2. The average Bonchev–Trinajstić information content (AvgIpc) is 2.96. The molecule has 0 saturated carbocycles. The molecule has 0 radical (unpaired) electrons. The zero-order valence-electron chi connectivity index (χ0n) is 11.8. The van der Waals surface area contributed by atoms with Crippen LogP contribution in [0.5, 0.6) is 0 Å². The molecule has 1 fully saturated rings. The molecule has 1 N–H and O–H groups in total. The van der Waals surface area contributed by atoms with E-state index in [4.69, 9.17) is 4.42 Å². The fraction of sp³-hybridized carbons (Fsp3) is 0.467. The van der Waals surface area contributed by atoms with Crippen LogP contribution in [0.15, 0.2) is 35.1 Å². The van der Waals surface area contributed by atoms with Gasteiger partial charge in [0.1, 0.15) is 0 Å². The Labute approximate surface area is 123 Å². The first-order valence-electron chi connectivity index (χ1n) is 6.86. The number of nitrogens with one attached hydrogen (secondary N) is 1. The average molecular weight is 289 g/mol. The van der Waals surface area contributed by atoms with Gasteiger partial charge in [-0.2, -0.15) is 11.8 Å². The van der Waals surface area contributed by atoms with Crippen LogP contribution in [0, 0.1) is 5.41 Å². The quantitative estimate of drug-likeness (QED) is 0.934. The van der Waals surface area contributed by atoms with Gasteiger partial charge in [0.2, 0.25) is 12.3 Å². The lowest BCUT2D eigenvalue weighted by atomic mass is 9.82. The van der Waals surface area contributed by atoms with Crippen molar-refractivity contribution < 1.29 is 4.42 Å². The minimum absolute atomic E-state index is 0.325. The summed E-state index contributed by atoms with van der Waals surface area (Å²) >= 11 is 2.02. The zero-order valence-corrected chi connectivity index (χ0v) is 12.6. The van der Waals surface area contributed by atoms with E-state index in [0.29, 0.717) is 17.3 Å².